The summed E-state index contributed by atoms with van der Waals surface area (Å²) in [6, 6.07) is 0. The van der Waals surface area contributed by atoms with E-state index in [4.69, 9.17) is 0 Å². The zero-order valence-electron chi connectivity index (χ0n) is 10.3. The molecule has 15 heavy (non-hydrogen) atoms. The molecule has 0 aromatic rings. The summed E-state index contributed by atoms with van der Waals surface area (Å²) < 4.78 is 0. The van der Waals surface area contributed by atoms with Crippen LogP contribution in [-0.2, 0) is 0 Å². The summed E-state index contributed by atoms with van der Waals surface area (Å²) in [4.78, 5) is 0. The predicted molar refractivity (Wildman–Crippen MR) is 66.8 cm³/mol. The first kappa shape index (κ1) is 11.5. The molecule has 0 heterocycles. The molecule has 2 aliphatic carbocycles. The summed E-state index contributed by atoms with van der Waals surface area (Å²) >= 11 is 0. The van der Waals surface area contributed by atoms with E-state index in [0.29, 0.717) is 0 Å². The van der Waals surface area contributed by atoms with Gasteiger partial charge in [-0.2, -0.15) is 0 Å². The van der Waals surface area contributed by atoms with Crippen LogP contribution in [0.4, 0.5) is 0 Å². The number of rotatable bonds is 1. The zero-order chi connectivity index (χ0) is 10.3. The van der Waals surface area contributed by atoms with E-state index in [9.17, 15) is 0 Å². The molecule has 0 heteroatoms. The fourth-order valence-electron chi connectivity index (χ4n) is 3.46. The smallest absolute Gasteiger partial charge is 0.0210 e. The third-order valence-corrected chi connectivity index (χ3v) is 4.43. The minimum Gasteiger partial charge on any atom is -0.0533 e. The van der Waals surface area contributed by atoms with Gasteiger partial charge in [0.05, 0.1) is 0 Å². The van der Waals surface area contributed by atoms with Gasteiger partial charge in [-0.3, -0.25) is 0 Å². The molecular weight excluding hydrogens is 180 g/mol. The second kappa shape index (κ2) is 6.55. The van der Waals surface area contributed by atoms with Gasteiger partial charge in [-0.25, -0.2) is 0 Å². The maximum atomic E-state index is 1.97. The SMILES string of the molecule is C1CCCC[C](C2CCCC2)CCCC1. The van der Waals surface area contributed by atoms with Gasteiger partial charge in [0.2, 0.25) is 0 Å². The molecule has 0 aliphatic heterocycles. The lowest BCUT2D eigenvalue weighted by Crippen LogP contribution is -2.10. The Kier molecular flexibility index (Phi) is 5.02. The van der Waals surface area contributed by atoms with Crippen LogP contribution < -0.4 is 0 Å². The van der Waals surface area contributed by atoms with Crippen LogP contribution in [-0.4, -0.2) is 0 Å². The predicted octanol–water partition coefficient (Wildman–Crippen LogP) is 5.28. The molecule has 0 N–H and O–H groups in total. The monoisotopic (exact) mass is 207 g/mol. The second-order valence-corrected chi connectivity index (χ2v) is 5.61. The second-order valence-electron chi connectivity index (χ2n) is 5.61. The molecule has 0 aromatic heterocycles. The molecular formula is C15H27. The van der Waals surface area contributed by atoms with Gasteiger partial charge in [-0.05, 0) is 37.5 Å². The Morgan fingerprint density at radius 2 is 1.00 bits per heavy atom. The molecule has 0 unspecified atom stereocenters. The highest BCUT2D eigenvalue weighted by molar-refractivity contribution is 4.98. The average Bonchev–Trinajstić information content (AvgIpc) is 2.79. The Bertz CT molecular complexity index is 145. The van der Waals surface area contributed by atoms with Crippen molar-refractivity contribution in [2.45, 2.75) is 83.5 Å². The third-order valence-electron chi connectivity index (χ3n) is 4.43. The van der Waals surface area contributed by atoms with Gasteiger partial charge >= 0.3 is 0 Å². The van der Waals surface area contributed by atoms with E-state index in [1.165, 1.54) is 83.5 Å². The first-order valence-electron chi connectivity index (χ1n) is 7.31. The van der Waals surface area contributed by atoms with Gasteiger partial charge in [-0.1, -0.05) is 57.8 Å². The van der Waals surface area contributed by atoms with Crippen molar-refractivity contribution in [1.82, 2.24) is 0 Å². The van der Waals surface area contributed by atoms with Crippen molar-refractivity contribution in [3.8, 4) is 0 Å². The Morgan fingerprint density at radius 3 is 1.53 bits per heavy atom. The maximum absolute atomic E-state index is 1.97. The minimum atomic E-state index is 1.05. The summed E-state index contributed by atoms with van der Waals surface area (Å²) in [7, 11) is 0. The lowest BCUT2D eigenvalue weighted by atomic mass is 9.82. The van der Waals surface area contributed by atoms with Gasteiger partial charge in [0, 0.05) is 0 Å². The van der Waals surface area contributed by atoms with E-state index in [-0.39, 0.29) is 0 Å². The summed E-state index contributed by atoms with van der Waals surface area (Å²) in [6.07, 6.45) is 19.5. The van der Waals surface area contributed by atoms with Gasteiger partial charge in [0.1, 0.15) is 0 Å². The highest BCUT2D eigenvalue weighted by Gasteiger charge is 2.24. The van der Waals surface area contributed by atoms with E-state index in [0.717, 1.165) is 5.92 Å². The van der Waals surface area contributed by atoms with Crippen LogP contribution in [0.3, 0.4) is 0 Å². The summed E-state index contributed by atoms with van der Waals surface area (Å²) in [5.41, 5.74) is 0. The molecule has 2 fully saturated rings. The van der Waals surface area contributed by atoms with Gasteiger partial charge in [-0.15, -0.1) is 0 Å². The quantitative estimate of drug-likeness (QED) is 0.549. The molecule has 0 amide bonds. The van der Waals surface area contributed by atoms with E-state index in [2.05, 4.69) is 0 Å². The molecule has 0 spiro atoms. The van der Waals surface area contributed by atoms with Crippen LogP contribution in [0.5, 0.6) is 0 Å². The van der Waals surface area contributed by atoms with Crippen LogP contribution in [0.15, 0.2) is 0 Å². The van der Waals surface area contributed by atoms with Crippen LogP contribution in [0.1, 0.15) is 83.5 Å². The Balaban J connectivity index is 1.78. The highest BCUT2D eigenvalue weighted by Crippen LogP contribution is 2.38. The molecule has 0 aromatic carbocycles. The average molecular weight is 207 g/mol. The number of hydrogen-bond donors (Lipinski definition) is 0. The van der Waals surface area contributed by atoms with Crippen molar-refractivity contribution >= 4 is 0 Å². The first-order valence-corrected chi connectivity index (χ1v) is 7.31. The lowest BCUT2D eigenvalue weighted by Gasteiger charge is -2.23. The molecule has 2 rings (SSSR count). The zero-order valence-corrected chi connectivity index (χ0v) is 10.3. The Labute approximate surface area is 95.8 Å². The van der Waals surface area contributed by atoms with E-state index in [1.807, 2.05) is 5.92 Å². The van der Waals surface area contributed by atoms with Gasteiger partial charge in [0.15, 0.2) is 0 Å². The fourth-order valence-corrected chi connectivity index (χ4v) is 3.46. The van der Waals surface area contributed by atoms with Crippen LogP contribution >= 0.6 is 0 Å². The standard InChI is InChI=1S/C15H27/c1-2-4-6-10-14(11-7-5-3-1)15-12-8-9-13-15/h15H,1-13H2. The Morgan fingerprint density at radius 1 is 0.533 bits per heavy atom. The molecule has 0 saturated heterocycles. The molecule has 1 radical (unpaired) electrons. The van der Waals surface area contributed by atoms with Crippen molar-refractivity contribution in [2.75, 3.05) is 0 Å². The molecule has 0 nitrogen and oxygen atoms in total. The summed E-state index contributed by atoms with van der Waals surface area (Å²) in [5.74, 6) is 3.01. The first-order chi connectivity index (χ1) is 7.47. The highest BCUT2D eigenvalue weighted by atomic mass is 14.3. The largest absolute Gasteiger partial charge is 0.0533 e. The van der Waals surface area contributed by atoms with Crippen molar-refractivity contribution in [1.29, 1.82) is 0 Å². The van der Waals surface area contributed by atoms with Crippen LogP contribution in [0, 0.1) is 11.8 Å². The van der Waals surface area contributed by atoms with Crippen molar-refractivity contribution in [3.63, 3.8) is 0 Å². The van der Waals surface area contributed by atoms with E-state index in [1.54, 1.807) is 0 Å². The lowest BCUT2D eigenvalue weighted by molar-refractivity contribution is 0.439. The van der Waals surface area contributed by atoms with Gasteiger partial charge < -0.3 is 0 Å². The topological polar surface area (TPSA) is 0 Å². The Hall–Kier alpha value is 0. The van der Waals surface area contributed by atoms with Crippen molar-refractivity contribution < 1.29 is 0 Å². The van der Waals surface area contributed by atoms with Gasteiger partial charge in [0.25, 0.3) is 0 Å². The fraction of sp³-hybridized carbons (Fsp3) is 0.933. The van der Waals surface area contributed by atoms with Crippen LogP contribution in [0.25, 0.3) is 0 Å². The molecule has 87 valence electrons. The summed E-state index contributed by atoms with van der Waals surface area (Å²) in [6.45, 7) is 0. The normalized spacial score (nSPS) is 28.0. The minimum absolute atomic E-state index is 1.05. The molecule has 2 aliphatic rings. The maximum Gasteiger partial charge on any atom is -0.0210 e. The molecule has 0 bridgehead atoms. The van der Waals surface area contributed by atoms with Crippen molar-refractivity contribution in [2.24, 2.45) is 5.92 Å². The molecule has 2 saturated carbocycles. The third kappa shape index (κ3) is 3.81. The van der Waals surface area contributed by atoms with E-state index < -0.39 is 0 Å². The van der Waals surface area contributed by atoms with E-state index >= 15 is 0 Å². The molecule has 0 atom stereocenters. The summed E-state index contributed by atoms with van der Waals surface area (Å²) in [5, 5.41) is 0. The van der Waals surface area contributed by atoms with Crippen LogP contribution in [0.2, 0.25) is 0 Å². The number of hydrogen-bond acceptors (Lipinski definition) is 0. The van der Waals surface area contributed by atoms with Crippen molar-refractivity contribution in [3.05, 3.63) is 5.92 Å².